The molecule has 1 aromatic heterocycles. The maximum Gasteiger partial charge on any atom is 0.246 e. The van der Waals surface area contributed by atoms with Crippen molar-refractivity contribution < 1.29 is 14.3 Å². The fraction of sp³-hybridized carbons (Fsp3) is 0.235. The standard InChI is InChI=1S/C17H15ClN4O3/c18-11-8-15-16(25-7-3-6-24-15)9-13(11)19-17(23)10-22-14-5-2-1-4-12(14)20-21-22/h1-2,4-5,8-9H,3,6-7,10H2,(H,19,23). The number of ether oxygens (including phenoxy) is 2. The Balaban J connectivity index is 1.53. The van der Waals surface area contributed by atoms with Crippen LogP contribution in [0.3, 0.4) is 0 Å². The first kappa shape index (κ1) is 15.7. The van der Waals surface area contributed by atoms with Crippen molar-refractivity contribution in [3.8, 4) is 11.5 Å². The van der Waals surface area contributed by atoms with Crippen LogP contribution in [0.15, 0.2) is 36.4 Å². The number of carbonyl (C=O) groups is 1. The second-order valence-corrected chi connectivity index (χ2v) is 6.02. The molecule has 3 aromatic rings. The zero-order valence-electron chi connectivity index (χ0n) is 13.2. The first-order valence-electron chi connectivity index (χ1n) is 7.88. The molecule has 2 heterocycles. The number of rotatable bonds is 3. The third kappa shape index (κ3) is 3.23. The van der Waals surface area contributed by atoms with Gasteiger partial charge >= 0.3 is 0 Å². The molecule has 1 amide bonds. The molecule has 0 saturated heterocycles. The smallest absolute Gasteiger partial charge is 0.246 e. The van der Waals surface area contributed by atoms with E-state index in [9.17, 15) is 4.79 Å². The number of fused-ring (bicyclic) bond motifs is 2. The largest absolute Gasteiger partial charge is 0.490 e. The van der Waals surface area contributed by atoms with Crippen LogP contribution in [0.4, 0.5) is 5.69 Å². The van der Waals surface area contributed by atoms with Crippen molar-refractivity contribution in [1.82, 2.24) is 15.0 Å². The first-order valence-corrected chi connectivity index (χ1v) is 8.26. The Morgan fingerprint density at radius 2 is 1.96 bits per heavy atom. The van der Waals surface area contributed by atoms with Gasteiger partial charge in [-0.05, 0) is 12.1 Å². The second kappa shape index (κ2) is 6.60. The Kier molecular flexibility index (Phi) is 4.15. The average molecular weight is 359 g/mol. The van der Waals surface area contributed by atoms with E-state index in [1.807, 2.05) is 24.3 Å². The molecule has 1 N–H and O–H groups in total. The molecule has 0 radical (unpaired) electrons. The summed E-state index contributed by atoms with van der Waals surface area (Å²) in [5, 5.41) is 11.2. The van der Waals surface area contributed by atoms with Crippen molar-refractivity contribution in [3.05, 3.63) is 41.4 Å². The number of nitrogens with one attached hydrogen (secondary N) is 1. The zero-order chi connectivity index (χ0) is 17.2. The summed E-state index contributed by atoms with van der Waals surface area (Å²) in [4.78, 5) is 12.4. The van der Waals surface area contributed by atoms with E-state index in [1.165, 1.54) is 0 Å². The number of hydrogen-bond donors (Lipinski definition) is 1. The predicted octanol–water partition coefficient (Wildman–Crippen LogP) is 2.88. The van der Waals surface area contributed by atoms with Gasteiger partial charge in [0.2, 0.25) is 5.91 Å². The van der Waals surface area contributed by atoms with Gasteiger partial charge in [-0.1, -0.05) is 28.9 Å². The highest BCUT2D eigenvalue weighted by molar-refractivity contribution is 6.34. The molecular weight excluding hydrogens is 344 g/mol. The van der Waals surface area contributed by atoms with Gasteiger partial charge < -0.3 is 14.8 Å². The zero-order valence-corrected chi connectivity index (χ0v) is 14.0. The van der Waals surface area contributed by atoms with Crippen LogP contribution in [-0.4, -0.2) is 34.1 Å². The highest BCUT2D eigenvalue weighted by Crippen LogP contribution is 2.37. The quantitative estimate of drug-likeness (QED) is 0.778. The molecule has 0 saturated carbocycles. The fourth-order valence-electron chi connectivity index (χ4n) is 2.64. The summed E-state index contributed by atoms with van der Waals surface area (Å²) < 4.78 is 12.7. The molecule has 0 aliphatic carbocycles. The number of anilines is 1. The Morgan fingerprint density at radius 1 is 1.20 bits per heavy atom. The van der Waals surface area contributed by atoms with Gasteiger partial charge in [-0.15, -0.1) is 5.10 Å². The van der Waals surface area contributed by atoms with E-state index in [1.54, 1.807) is 16.8 Å². The summed E-state index contributed by atoms with van der Waals surface area (Å²) in [5.41, 5.74) is 2.01. The Bertz CT molecular complexity index is 941. The van der Waals surface area contributed by atoms with E-state index < -0.39 is 0 Å². The predicted molar refractivity (Wildman–Crippen MR) is 93.2 cm³/mol. The summed E-state index contributed by atoms with van der Waals surface area (Å²) in [6.07, 6.45) is 0.799. The van der Waals surface area contributed by atoms with Gasteiger partial charge in [-0.25, -0.2) is 4.68 Å². The van der Waals surface area contributed by atoms with Crippen LogP contribution >= 0.6 is 11.6 Å². The molecular formula is C17H15ClN4O3. The fourth-order valence-corrected chi connectivity index (χ4v) is 2.84. The Hall–Kier alpha value is -2.80. The Labute approximate surface area is 148 Å². The number of para-hydroxylation sites is 1. The number of aromatic nitrogens is 3. The lowest BCUT2D eigenvalue weighted by molar-refractivity contribution is -0.116. The second-order valence-electron chi connectivity index (χ2n) is 5.61. The van der Waals surface area contributed by atoms with Gasteiger partial charge in [0.15, 0.2) is 11.5 Å². The molecule has 2 aromatic carbocycles. The van der Waals surface area contributed by atoms with Gasteiger partial charge in [-0.3, -0.25) is 4.79 Å². The van der Waals surface area contributed by atoms with Crippen LogP contribution in [0, 0.1) is 0 Å². The molecule has 0 bridgehead atoms. The van der Waals surface area contributed by atoms with Crippen molar-refractivity contribution >= 4 is 34.2 Å². The topological polar surface area (TPSA) is 78.3 Å². The molecule has 0 atom stereocenters. The summed E-state index contributed by atoms with van der Waals surface area (Å²) in [5.74, 6) is 0.901. The summed E-state index contributed by atoms with van der Waals surface area (Å²) in [6, 6.07) is 10.8. The molecule has 1 aliphatic heterocycles. The molecule has 1 aliphatic rings. The van der Waals surface area contributed by atoms with E-state index in [0.29, 0.717) is 35.4 Å². The summed E-state index contributed by atoms with van der Waals surface area (Å²) in [6.45, 7) is 1.17. The molecule has 0 unspecified atom stereocenters. The number of nitrogens with zero attached hydrogens (tertiary/aromatic N) is 3. The molecule has 128 valence electrons. The minimum Gasteiger partial charge on any atom is -0.490 e. The third-order valence-electron chi connectivity index (χ3n) is 3.82. The van der Waals surface area contributed by atoms with Crippen LogP contribution in [0.5, 0.6) is 11.5 Å². The van der Waals surface area contributed by atoms with Gasteiger partial charge in [0.1, 0.15) is 12.1 Å². The van der Waals surface area contributed by atoms with Crippen molar-refractivity contribution in [1.29, 1.82) is 0 Å². The maximum atomic E-state index is 12.4. The highest BCUT2D eigenvalue weighted by Gasteiger charge is 2.16. The minimum absolute atomic E-state index is 0.0330. The highest BCUT2D eigenvalue weighted by atomic mass is 35.5. The lowest BCUT2D eigenvalue weighted by Crippen LogP contribution is -2.19. The van der Waals surface area contributed by atoms with Crippen molar-refractivity contribution in [2.75, 3.05) is 18.5 Å². The van der Waals surface area contributed by atoms with Gasteiger partial charge in [0, 0.05) is 18.6 Å². The van der Waals surface area contributed by atoms with Crippen molar-refractivity contribution in [2.45, 2.75) is 13.0 Å². The average Bonchev–Trinajstić information content (AvgIpc) is 2.86. The van der Waals surface area contributed by atoms with Crippen molar-refractivity contribution in [2.24, 2.45) is 0 Å². The van der Waals surface area contributed by atoms with Crippen LogP contribution in [0.25, 0.3) is 11.0 Å². The molecule has 0 fully saturated rings. The van der Waals surface area contributed by atoms with Crippen LogP contribution in [0.1, 0.15) is 6.42 Å². The van der Waals surface area contributed by atoms with Gasteiger partial charge in [-0.2, -0.15) is 0 Å². The van der Waals surface area contributed by atoms with Gasteiger partial charge in [0.25, 0.3) is 0 Å². The van der Waals surface area contributed by atoms with Gasteiger partial charge in [0.05, 0.1) is 29.4 Å². The summed E-state index contributed by atoms with van der Waals surface area (Å²) >= 11 is 6.25. The van der Waals surface area contributed by atoms with E-state index in [4.69, 9.17) is 21.1 Å². The molecule has 8 heteroatoms. The third-order valence-corrected chi connectivity index (χ3v) is 4.14. The van der Waals surface area contributed by atoms with Crippen molar-refractivity contribution in [3.63, 3.8) is 0 Å². The molecule has 0 spiro atoms. The Morgan fingerprint density at radius 3 is 2.80 bits per heavy atom. The van der Waals surface area contributed by atoms with E-state index in [-0.39, 0.29) is 12.5 Å². The minimum atomic E-state index is -0.257. The summed E-state index contributed by atoms with van der Waals surface area (Å²) in [7, 11) is 0. The van der Waals surface area contributed by atoms with E-state index in [2.05, 4.69) is 15.6 Å². The number of amides is 1. The number of halogens is 1. The number of benzene rings is 2. The number of carbonyl (C=O) groups excluding carboxylic acids is 1. The normalized spacial score (nSPS) is 13.5. The van der Waals surface area contributed by atoms with Crippen LogP contribution in [-0.2, 0) is 11.3 Å². The lowest BCUT2D eigenvalue weighted by Gasteiger charge is -2.12. The molecule has 25 heavy (non-hydrogen) atoms. The van der Waals surface area contributed by atoms with E-state index >= 15 is 0 Å². The van der Waals surface area contributed by atoms with Crippen LogP contribution < -0.4 is 14.8 Å². The molecule has 7 nitrogen and oxygen atoms in total. The number of hydrogen-bond acceptors (Lipinski definition) is 5. The SMILES string of the molecule is O=C(Cn1nnc2ccccc21)Nc1cc2c(cc1Cl)OCCCO2. The van der Waals surface area contributed by atoms with E-state index in [0.717, 1.165) is 17.5 Å². The molecule has 4 rings (SSSR count). The first-order chi connectivity index (χ1) is 12.2. The maximum absolute atomic E-state index is 12.4. The monoisotopic (exact) mass is 358 g/mol. The lowest BCUT2D eigenvalue weighted by atomic mass is 10.2. The van der Waals surface area contributed by atoms with Crippen LogP contribution in [0.2, 0.25) is 5.02 Å².